The van der Waals surface area contributed by atoms with E-state index in [0.717, 1.165) is 12.8 Å². The highest BCUT2D eigenvalue weighted by Gasteiger charge is 2.28. The molecule has 0 aromatic heterocycles. The van der Waals surface area contributed by atoms with Gasteiger partial charge in [0.05, 0.1) is 0 Å². The first-order valence-electron chi connectivity index (χ1n) is 8.07. The third-order valence-corrected chi connectivity index (χ3v) is 4.82. The summed E-state index contributed by atoms with van der Waals surface area (Å²) in [6, 6.07) is 15.3. The molecule has 0 radical (unpaired) electrons. The maximum atomic E-state index is 6.89. The monoisotopic (exact) mass is 267 g/mol. The molecule has 0 spiro atoms. The van der Waals surface area contributed by atoms with E-state index in [4.69, 9.17) is 5.73 Å². The van der Waals surface area contributed by atoms with E-state index in [0.29, 0.717) is 0 Å². The quantitative estimate of drug-likeness (QED) is 0.761. The Labute approximate surface area is 122 Å². The van der Waals surface area contributed by atoms with E-state index >= 15 is 0 Å². The molecule has 0 heterocycles. The average molecular weight is 267 g/mol. The minimum absolute atomic E-state index is 0.134. The number of benzene rings is 2. The van der Waals surface area contributed by atoms with Crippen molar-refractivity contribution >= 4 is 10.8 Å². The second-order valence-corrected chi connectivity index (χ2v) is 6.30. The molecular formula is C19H25N. The molecule has 1 fully saturated rings. The van der Waals surface area contributed by atoms with Crippen LogP contribution in [0, 0.1) is 0 Å². The maximum Gasteiger partial charge on any atom is 0.0415 e. The summed E-state index contributed by atoms with van der Waals surface area (Å²) >= 11 is 0. The molecule has 0 bridgehead atoms. The van der Waals surface area contributed by atoms with Crippen molar-refractivity contribution in [3.05, 3.63) is 48.0 Å². The van der Waals surface area contributed by atoms with Gasteiger partial charge in [-0.1, -0.05) is 81.0 Å². The van der Waals surface area contributed by atoms with E-state index < -0.39 is 0 Å². The Kier molecular flexibility index (Phi) is 4.07. The van der Waals surface area contributed by atoms with Crippen molar-refractivity contribution in [2.45, 2.75) is 56.9 Å². The van der Waals surface area contributed by atoms with Crippen LogP contribution in [0.25, 0.3) is 10.8 Å². The van der Waals surface area contributed by atoms with Crippen LogP contribution in [0.4, 0.5) is 0 Å². The first kappa shape index (κ1) is 13.6. The van der Waals surface area contributed by atoms with Crippen LogP contribution in [0.2, 0.25) is 0 Å². The first-order valence-corrected chi connectivity index (χ1v) is 8.07. The van der Waals surface area contributed by atoms with Gasteiger partial charge in [0, 0.05) is 5.54 Å². The van der Waals surface area contributed by atoms with E-state index in [2.05, 4.69) is 42.5 Å². The van der Waals surface area contributed by atoms with Crippen molar-refractivity contribution in [3.63, 3.8) is 0 Å². The molecule has 106 valence electrons. The van der Waals surface area contributed by atoms with Crippen LogP contribution in [0.15, 0.2) is 42.5 Å². The fourth-order valence-corrected chi connectivity index (χ4v) is 3.64. The number of rotatable bonds is 1. The summed E-state index contributed by atoms with van der Waals surface area (Å²) in [7, 11) is 0. The molecule has 20 heavy (non-hydrogen) atoms. The van der Waals surface area contributed by atoms with Gasteiger partial charge in [-0.25, -0.2) is 0 Å². The number of nitrogens with two attached hydrogens (primary N) is 1. The Bertz CT molecular complexity index is 557. The molecule has 1 aliphatic carbocycles. The molecule has 2 aromatic carbocycles. The lowest BCUT2D eigenvalue weighted by Crippen LogP contribution is -2.36. The van der Waals surface area contributed by atoms with E-state index in [1.54, 1.807) is 0 Å². The second kappa shape index (κ2) is 5.97. The van der Waals surface area contributed by atoms with E-state index in [9.17, 15) is 0 Å². The molecule has 2 aromatic rings. The summed E-state index contributed by atoms with van der Waals surface area (Å²) in [4.78, 5) is 0. The fourth-order valence-electron chi connectivity index (χ4n) is 3.64. The van der Waals surface area contributed by atoms with Gasteiger partial charge in [-0.3, -0.25) is 0 Å². The lowest BCUT2D eigenvalue weighted by molar-refractivity contribution is 0.362. The summed E-state index contributed by atoms with van der Waals surface area (Å²) in [5.41, 5.74) is 8.11. The highest BCUT2D eigenvalue weighted by Crippen LogP contribution is 2.36. The maximum absolute atomic E-state index is 6.89. The molecule has 1 saturated carbocycles. The highest BCUT2D eigenvalue weighted by molar-refractivity contribution is 5.86. The van der Waals surface area contributed by atoms with Crippen molar-refractivity contribution in [1.82, 2.24) is 0 Å². The summed E-state index contributed by atoms with van der Waals surface area (Å²) in [5, 5.41) is 2.66. The van der Waals surface area contributed by atoms with Crippen LogP contribution < -0.4 is 5.73 Å². The van der Waals surface area contributed by atoms with Gasteiger partial charge in [-0.2, -0.15) is 0 Å². The van der Waals surface area contributed by atoms with Crippen LogP contribution in [-0.4, -0.2) is 0 Å². The van der Waals surface area contributed by atoms with Gasteiger partial charge in [0.2, 0.25) is 0 Å². The largest absolute Gasteiger partial charge is 0.321 e. The van der Waals surface area contributed by atoms with Crippen LogP contribution in [0.1, 0.15) is 56.9 Å². The minimum atomic E-state index is -0.134. The molecule has 1 aliphatic rings. The molecule has 0 amide bonds. The Balaban J connectivity index is 2.02. The molecule has 0 atom stereocenters. The van der Waals surface area contributed by atoms with Crippen LogP contribution in [0.3, 0.4) is 0 Å². The zero-order chi connectivity index (χ0) is 13.8. The summed E-state index contributed by atoms with van der Waals surface area (Å²) < 4.78 is 0. The molecule has 0 unspecified atom stereocenters. The third-order valence-electron chi connectivity index (χ3n) is 4.82. The fraction of sp³-hybridized carbons (Fsp3) is 0.474. The third kappa shape index (κ3) is 2.73. The zero-order valence-electron chi connectivity index (χ0n) is 12.3. The van der Waals surface area contributed by atoms with Gasteiger partial charge in [-0.05, 0) is 29.2 Å². The lowest BCUT2D eigenvalue weighted by atomic mass is 9.80. The molecule has 0 saturated heterocycles. The van der Waals surface area contributed by atoms with Gasteiger partial charge >= 0.3 is 0 Å². The normalized spacial score (nSPS) is 20.1. The molecule has 1 nitrogen and oxygen atoms in total. The smallest absolute Gasteiger partial charge is 0.0415 e. The predicted octanol–water partition coefficient (Wildman–Crippen LogP) is 5.13. The number of hydrogen-bond acceptors (Lipinski definition) is 1. The van der Waals surface area contributed by atoms with Crippen molar-refractivity contribution < 1.29 is 0 Å². The van der Waals surface area contributed by atoms with Crippen LogP contribution >= 0.6 is 0 Å². The summed E-state index contributed by atoms with van der Waals surface area (Å²) in [6.45, 7) is 0. The zero-order valence-corrected chi connectivity index (χ0v) is 12.3. The molecule has 0 aliphatic heterocycles. The Morgan fingerprint density at radius 3 is 2.05 bits per heavy atom. The Hall–Kier alpha value is -1.34. The number of hydrogen-bond donors (Lipinski definition) is 1. The van der Waals surface area contributed by atoms with E-state index in [1.165, 1.54) is 54.9 Å². The number of fused-ring (bicyclic) bond motifs is 1. The summed E-state index contributed by atoms with van der Waals surface area (Å²) in [5.74, 6) is 0. The van der Waals surface area contributed by atoms with E-state index in [1.807, 2.05) is 0 Å². The topological polar surface area (TPSA) is 26.0 Å². The average Bonchev–Trinajstić information content (AvgIpc) is 2.59. The Morgan fingerprint density at radius 2 is 1.30 bits per heavy atom. The van der Waals surface area contributed by atoms with Crippen molar-refractivity contribution in [2.24, 2.45) is 5.73 Å². The first-order chi connectivity index (χ1) is 9.80. The van der Waals surface area contributed by atoms with Gasteiger partial charge in [-0.15, -0.1) is 0 Å². The van der Waals surface area contributed by atoms with Crippen molar-refractivity contribution in [1.29, 1.82) is 0 Å². The predicted molar refractivity (Wildman–Crippen MR) is 86.7 cm³/mol. The van der Waals surface area contributed by atoms with Crippen molar-refractivity contribution in [3.8, 4) is 0 Å². The summed E-state index contributed by atoms with van der Waals surface area (Å²) in [6.07, 6.45) is 10.2. The molecular weight excluding hydrogens is 242 g/mol. The van der Waals surface area contributed by atoms with Gasteiger partial charge in [0.15, 0.2) is 0 Å². The SMILES string of the molecule is NC1(c2cccc3ccccc23)CCCCCCCC1. The van der Waals surface area contributed by atoms with Crippen LogP contribution in [-0.2, 0) is 5.54 Å². The van der Waals surface area contributed by atoms with Gasteiger partial charge in [0.25, 0.3) is 0 Å². The highest BCUT2D eigenvalue weighted by atomic mass is 14.7. The second-order valence-electron chi connectivity index (χ2n) is 6.30. The lowest BCUT2D eigenvalue weighted by Gasteiger charge is -2.31. The van der Waals surface area contributed by atoms with E-state index in [-0.39, 0.29) is 5.54 Å². The van der Waals surface area contributed by atoms with Gasteiger partial charge in [0.1, 0.15) is 0 Å². The standard InChI is InChI=1S/C19H25N/c20-19(14-7-3-1-2-4-8-15-19)18-13-9-11-16-10-5-6-12-17(16)18/h5-6,9-13H,1-4,7-8,14-15,20H2. The molecule has 3 rings (SSSR count). The minimum Gasteiger partial charge on any atom is -0.321 e. The van der Waals surface area contributed by atoms with Crippen molar-refractivity contribution in [2.75, 3.05) is 0 Å². The molecule has 1 heteroatoms. The Morgan fingerprint density at radius 1 is 0.700 bits per heavy atom. The van der Waals surface area contributed by atoms with Gasteiger partial charge < -0.3 is 5.73 Å². The van der Waals surface area contributed by atoms with Crippen LogP contribution in [0.5, 0.6) is 0 Å². The molecule has 2 N–H and O–H groups in total.